The lowest BCUT2D eigenvalue weighted by molar-refractivity contribution is 0.1000. The molecule has 0 radical (unpaired) electrons. The monoisotopic (exact) mass is 229 g/mol. The molecule has 0 aromatic carbocycles. The van der Waals surface area contributed by atoms with Crippen molar-refractivity contribution in [1.82, 2.24) is 4.98 Å². The maximum Gasteiger partial charge on any atom is 0.250 e. The minimum absolute atomic E-state index is 0.438. The first-order chi connectivity index (χ1) is 8.20. The number of amides is 1. The van der Waals surface area contributed by atoms with Crippen molar-refractivity contribution in [3.63, 3.8) is 0 Å². The number of pyridine rings is 1. The summed E-state index contributed by atoms with van der Waals surface area (Å²) >= 11 is 0. The summed E-state index contributed by atoms with van der Waals surface area (Å²) in [5.41, 5.74) is 5.60. The van der Waals surface area contributed by atoms with Crippen molar-refractivity contribution >= 4 is 11.7 Å². The van der Waals surface area contributed by atoms with Crippen LogP contribution in [0.2, 0.25) is 0 Å². The minimum atomic E-state index is -0.448. The molecule has 1 aromatic rings. The van der Waals surface area contributed by atoms with Gasteiger partial charge in [-0.1, -0.05) is 0 Å². The molecule has 0 aliphatic carbocycles. The van der Waals surface area contributed by atoms with E-state index in [1.165, 1.54) is 6.20 Å². The Labute approximate surface area is 101 Å². The summed E-state index contributed by atoms with van der Waals surface area (Å²) < 4.78 is 0. The number of nitrogens with zero attached hydrogens (tertiary/aromatic N) is 2. The van der Waals surface area contributed by atoms with Gasteiger partial charge in [0.25, 0.3) is 0 Å². The lowest BCUT2D eigenvalue weighted by Crippen LogP contribution is -2.21. The quantitative estimate of drug-likeness (QED) is 0.787. The average Bonchev–Trinajstić information content (AvgIpc) is 2.78. The number of nitrogens with two attached hydrogens (primary N) is 1. The number of rotatable bonds is 3. The standard InChI is InChI=1S/C13H15N3O/c1-2-3-10-6-7-16(9-10)12-5-4-11(8-15-12)13(14)17/h1,4-5,8,10H,3,6-7,9H2,(H2,14,17)/t10-/m0/s1. The molecule has 17 heavy (non-hydrogen) atoms. The number of hydrogen-bond donors (Lipinski definition) is 1. The largest absolute Gasteiger partial charge is 0.366 e. The van der Waals surface area contributed by atoms with Crippen molar-refractivity contribution in [2.75, 3.05) is 18.0 Å². The molecule has 1 fully saturated rings. The number of primary amides is 1. The summed E-state index contributed by atoms with van der Waals surface area (Å²) in [5, 5.41) is 0. The second-order valence-electron chi connectivity index (χ2n) is 4.28. The molecule has 0 spiro atoms. The Balaban J connectivity index is 2.04. The number of anilines is 1. The summed E-state index contributed by atoms with van der Waals surface area (Å²) in [6.07, 6.45) is 8.75. The third kappa shape index (κ3) is 2.56. The molecular formula is C13H15N3O. The Hall–Kier alpha value is -2.02. The van der Waals surface area contributed by atoms with Gasteiger partial charge in [0.15, 0.2) is 0 Å². The number of carbonyl (C=O) groups is 1. The van der Waals surface area contributed by atoms with E-state index in [0.29, 0.717) is 11.5 Å². The van der Waals surface area contributed by atoms with Gasteiger partial charge in [0, 0.05) is 25.7 Å². The minimum Gasteiger partial charge on any atom is -0.366 e. The van der Waals surface area contributed by atoms with Gasteiger partial charge in [0.2, 0.25) is 5.91 Å². The first-order valence-electron chi connectivity index (χ1n) is 5.65. The maximum atomic E-state index is 10.9. The fourth-order valence-corrected chi connectivity index (χ4v) is 2.09. The third-order valence-electron chi connectivity index (χ3n) is 3.05. The van der Waals surface area contributed by atoms with Crippen molar-refractivity contribution in [1.29, 1.82) is 0 Å². The van der Waals surface area contributed by atoms with Crippen molar-refractivity contribution in [2.24, 2.45) is 11.7 Å². The number of hydrogen-bond acceptors (Lipinski definition) is 3. The Morgan fingerprint density at radius 2 is 2.47 bits per heavy atom. The molecule has 4 heteroatoms. The van der Waals surface area contributed by atoms with Gasteiger partial charge >= 0.3 is 0 Å². The van der Waals surface area contributed by atoms with Gasteiger partial charge in [-0.05, 0) is 24.5 Å². The lowest BCUT2D eigenvalue weighted by atomic mass is 10.1. The molecular weight excluding hydrogens is 214 g/mol. The summed E-state index contributed by atoms with van der Waals surface area (Å²) in [6, 6.07) is 3.54. The Morgan fingerprint density at radius 1 is 1.65 bits per heavy atom. The van der Waals surface area contributed by atoms with Gasteiger partial charge in [-0.3, -0.25) is 4.79 Å². The van der Waals surface area contributed by atoms with E-state index in [0.717, 1.165) is 31.7 Å². The molecule has 2 heterocycles. The highest BCUT2D eigenvalue weighted by atomic mass is 16.1. The summed E-state index contributed by atoms with van der Waals surface area (Å²) in [5.74, 6) is 3.69. The zero-order valence-corrected chi connectivity index (χ0v) is 9.60. The molecule has 0 saturated carbocycles. The predicted molar refractivity (Wildman–Crippen MR) is 66.5 cm³/mol. The molecule has 1 aliphatic heterocycles. The van der Waals surface area contributed by atoms with Crippen LogP contribution in [-0.2, 0) is 0 Å². The Bertz CT molecular complexity index is 447. The normalized spacial score (nSPS) is 19.0. The lowest BCUT2D eigenvalue weighted by Gasteiger charge is -2.17. The van der Waals surface area contributed by atoms with Crippen LogP contribution in [-0.4, -0.2) is 24.0 Å². The van der Waals surface area contributed by atoms with Crippen LogP contribution in [0.25, 0.3) is 0 Å². The van der Waals surface area contributed by atoms with Crippen LogP contribution in [0.15, 0.2) is 18.3 Å². The summed E-state index contributed by atoms with van der Waals surface area (Å²) in [7, 11) is 0. The van der Waals surface area contributed by atoms with E-state index in [1.807, 2.05) is 6.07 Å². The van der Waals surface area contributed by atoms with Gasteiger partial charge in [-0.25, -0.2) is 4.98 Å². The molecule has 1 aliphatic rings. The third-order valence-corrected chi connectivity index (χ3v) is 3.05. The van der Waals surface area contributed by atoms with Crippen molar-refractivity contribution in [3.05, 3.63) is 23.9 Å². The van der Waals surface area contributed by atoms with E-state index in [9.17, 15) is 4.79 Å². The van der Waals surface area contributed by atoms with Crippen molar-refractivity contribution in [2.45, 2.75) is 12.8 Å². The van der Waals surface area contributed by atoms with Crippen LogP contribution >= 0.6 is 0 Å². The van der Waals surface area contributed by atoms with Crippen LogP contribution in [0, 0.1) is 18.3 Å². The fraction of sp³-hybridized carbons (Fsp3) is 0.385. The Kier molecular flexibility index (Phi) is 3.29. The topological polar surface area (TPSA) is 59.2 Å². The molecule has 2 rings (SSSR count). The Morgan fingerprint density at radius 3 is 3.06 bits per heavy atom. The van der Waals surface area contributed by atoms with E-state index in [2.05, 4.69) is 15.8 Å². The smallest absolute Gasteiger partial charge is 0.250 e. The highest BCUT2D eigenvalue weighted by Crippen LogP contribution is 2.23. The van der Waals surface area contributed by atoms with Crippen LogP contribution < -0.4 is 10.6 Å². The molecule has 2 N–H and O–H groups in total. The van der Waals surface area contributed by atoms with E-state index in [1.54, 1.807) is 6.07 Å². The van der Waals surface area contributed by atoms with Crippen LogP contribution in [0.3, 0.4) is 0 Å². The molecule has 0 unspecified atom stereocenters. The van der Waals surface area contributed by atoms with Gasteiger partial charge in [-0.15, -0.1) is 12.3 Å². The summed E-state index contributed by atoms with van der Waals surface area (Å²) in [6.45, 7) is 1.91. The molecule has 4 nitrogen and oxygen atoms in total. The van der Waals surface area contributed by atoms with E-state index >= 15 is 0 Å². The first kappa shape index (κ1) is 11.5. The zero-order chi connectivity index (χ0) is 12.3. The molecule has 1 amide bonds. The number of carbonyl (C=O) groups excluding carboxylic acids is 1. The van der Waals surface area contributed by atoms with E-state index in [4.69, 9.17) is 12.2 Å². The van der Waals surface area contributed by atoms with Crippen LogP contribution in [0.1, 0.15) is 23.2 Å². The SMILES string of the molecule is C#CC[C@H]1CCN(c2ccc(C(N)=O)cn2)C1. The van der Waals surface area contributed by atoms with Crippen molar-refractivity contribution in [3.8, 4) is 12.3 Å². The molecule has 1 saturated heterocycles. The van der Waals surface area contributed by atoms with Crippen molar-refractivity contribution < 1.29 is 4.79 Å². The predicted octanol–water partition coefficient (Wildman–Crippen LogP) is 1.03. The fourth-order valence-electron chi connectivity index (χ4n) is 2.09. The summed E-state index contributed by atoms with van der Waals surface area (Å²) in [4.78, 5) is 17.4. The van der Waals surface area contributed by atoms with Gasteiger partial charge < -0.3 is 10.6 Å². The molecule has 1 aromatic heterocycles. The average molecular weight is 229 g/mol. The van der Waals surface area contributed by atoms with Gasteiger partial charge in [-0.2, -0.15) is 0 Å². The maximum absolute atomic E-state index is 10.9. The van der Waals surface area contributed by atoms with Gasteiger partial charge in [0.1, 0.15) is 5.82 Å². The zero-order valence-electron chi connectivity index (χ0n) is 9.60. The molecule has 88 valence electrons. The van der Waals surface area contributed by atoms with E-state index < -0.39 is 5.91 Å². The second kappa shape index (κ2) is 4.88. The van der Waals surface area contributed by atoms with E-state index in [-0.39, 0.29) is 0 Å². The van der Waals surface area contributed by atoms with Crippen LogP contribution in [0.4, 0.5) is 5.82 Å². The number of terminal acetylenes is 1. The molecule has 0 bridgehead atoms. The number of aromatic nitrogens is 1. The van der Waals surface area contributed by atoms with Crippen LogP contribution in [0.5, 0.6) is 0 Å². The second-order valence-corrected chi connectivity index (χ2v) is 4.28. The van der Waals surface area contributed by atoms with Gasteiger partial charge in [0.05, 0.1) is 5.56 Å². The first-order valence-corrected chi connectivity index (χ1v) is 5.65. The highest BCUT2D eigenvalue weighted by molar-refractivity contribution is 5.92. The molecule has 1 atom stereocenters. The highest BCUT2D eigenvalue weighted by Gasteiger charge is 2.22.